The molecule has 1 aliphatic heterocycles. The van der Waals surface area contributed by atoms with Gasteiger partial charge in [0, 0.05) is 18.7 Å². The smallest absolute Gasteiger partial charge is 0.274 e. The summed E-state index contributed by atoms with van der Waals surface area (Å²) in [5.74, 6) is 1.30. The first-order chi connectivity index (χ1) is 8.86. The summed E-state index contributed by atoms with van der Waals surface area (Å²) in [4.78, 5) is 7.29. The van der Waals surface area contributed by atoms with Crippen molar-refractivity contribution in [3.63, 3.8) is 0 Å². The van der Waals surface area contributed by atoms with E-state index in [0.29, 0.717) is 29.6 Å². The molecule has 0 amide bonds. The number of nitriles is 1. The molecule has 0 spiro atoms. The lowest BCUT2D eigenvalue weighted by Gasteiger charge is -2.18. The molecule has 1 saturated heterocycles. The molecule has 1 atom stereocenters. The summed E-state index contributed by atoms with van der Waals surface area (Å²) in [6.45, 7) is 1.45. The average molecular weight is 244 g/mol. The minimum atomic E-state index is 0.210. The van der Waals surface area contributed by atoms with Gasteiger partial charge in [-0.25, -0.2) is 0 Å². The highest BCUT2D eigenvalue weighted by Crippen LogP contribution is 2.25. The van der Waals surface area contributed by atoms with Crippen LogP contribution in [-0.2, 0) is 4.74 Å². The molecule has 18 heavy (non-hydrogen) atoms. The van der Waals surface area contributed by atoms with Crippen molar-refractivity contribution in [3.8, 4) is 17.7 Å². The predicted octanol–water partition coefficient (Wildman–Crippen LogP) is 1.83. The van der Waals surface area contributed by atoms with Gasteiger partial charge in [-0.05, 0) is 18.9 Å². The molecule has 0 aromatic carbocycles. The second-order valence-electron chi connectivity index (χ2n) is 4.29. The van der Waals surface area contributed by atoms with Crippen molar-refractivity contribution in [1.29, 1.82) is 5.26 Å². The Labute approximate surface area is 104 Å². The summed E-state index contributed by atoms with van der Waals surface area (Å²) in [6, 6.07) is 3.74. The lowest BCUT2D eigenvalue weighted by Crippen LogP contribution is -2.16. The van der Waals surface area contributed by atoms with Crippen LogP contribution in [0.1, 0.15) is 30.1 Å². The Hall–Kier alpha value is -2.13. The molecule has 0 aliphatic carbocycles. The van der Waals surface area contributed by atoms with Crippen molar-refractivity contribution in [2.75, 3.05) is 13.2 Å². The Balaban J connectivity index is 1.82. The van der Waals surface area contributed by atoms with Gasteiger partial charge in [0.05, 0.1) is 12.2 Å². The van der Waals surface area contributed by atoms with E-state index in [9.17, 15) is 0 Å². The predicted molar refractivity (Wildman–Crippen MR) is 61.6 cm³/mol. The molecule has 3 heterocycles. The highest BCUT2D eigenvalue weighted by molar-refractivity contribution is 5.51. The van der Waals surface area contributed by atoms with Crippen LogP contribution in [0.3, 0.4) is 0 Å². The second kappa shape index (κ2) is 4.63. The molecule has 0 bridgehead atoms. The summed E-state index contributed by atoms with van der Waals surface area (Å²) in [5.41, 5.74) is 1.22. The fourth-order valence-corrected chi connectivity index (χ4v) is 2.04. The van der Waals surface area contributed by atoms with Crippen molar-refractivity contribution in [2.24, 2.45) is 0 Å². The normalized spacial score (nSPS) is 19.6. The number of H-pyrrole nitrogens is 1. The molecular weight excluding hydrogens is 232 g/mol. The van der Waals surface area contributed by atoms with Crippen molar-refractivity contribution in [2.45, 2.75) is 18.8 Å². The fourth-order valence-electron chi connectivity index (χ4n) is 2.04. The second-order valence-corrected chi connectivity index (χ2v) is 4.29. The third-order valence-corrected chi connectivity index (χ3v) is 3.01. The van der Waals surface area contributed by atoms with E-state index in [-0.39, 0.29) is 5.92 Å². The molecule has 0 saturated carbocycles. The number of hydrogen-bond acceptors (Lipinski definition) is 5. The Bertz CT molecular complexity index is 575. The van der Waals surface area contributed by atoms with E-state index in [2.05, 4.69) is 15.1 Å². The Kier molecular flexibility index (Phi) is 2.82. The van der Waals surface area contributed by atoms with E-state index >= 15 is 0 Å². The molecule has 92 valence electrons. The molecule has 0 radical (unpaired) electrons. The zero-order valence-corrected chi connectivity index (χ0v) is 9.72. The van der Waals surface area contributed by atoms with Gasteiger partial charge in [-0.2, -0.15) is 10.2 Å². The van der Waals surface area contributed by atoms with Crippen molar-refractivity contribution in [1.82, 2.24) is 15.1 Å². The summed E-state index contributed by atoms with van der Waals surface area (Å²) in [5, 5.41) is 12.7. The maximum atomic E-state index is 8.75. The van der Waals surface area contributed by atoms with Gasteiger partial charge in [0.25, 0.3) is 5.89 Å². The number of nitrogens with zero attached hydrogens (tertiary/aromatic N) is 3. The largest absolute Gasteiger partial charge is 0.381 e. The molecule has 1 fully saturated rings. The molecule has 3 rings (SSSR count). The minimum absolute atomic E-state index is 0.210. The highest BCUT2D eigenvalue weighted by atomic mass is 16.5. The molecular formula is C12H12N4O2. The van der Waals surface area contributed by atoms with Crippen molar-refractivity contribution < 1.29 is 9.26 Å². The summed E-state index contributed by atoms with van der Waals surface area (Å²) in [7, 11) is 0. The molecule has 1 N–H and O–H groups in total. The molecule has 2 aromatic rings. The van der Waals surface area contributed by atoms with Crippen LogP contribution in [-0.4, -0.2) is 28.3 Å². The van der Waals surface area contributed by atoms with Gasteiger partial charge in [-0.3, -0.25) is 0 Å². The number of hydrogen-bond donors (Lipinski definition) is 1. The van der Waals surface area contributed by atoms with E-state index in [0.717, 1.165) is 19.4 Å². The quantitative estimate of drug-likeness (QED) is 0.870. The van der Waals surface area contributed by atoms with Crippen LogP contribution in [0.15, 0.2) is 16.8 Å². The summed E-state index contributed by atoms with van der Waals surface area (Å²) < 4.78 is 10.6. The van der Waals surface area contributed by atoms with E-state index in [1.165, 1.54) is 0 Å². The molecule has 6 nitrogen and oxygen atoms in total. The highest BCUT2D eigenvalue weighted by Gasteiger charge is 2.22. The van der Waals surface area contributed by atoms with Crippen LogP contribution in [0.25, 0.3) is 11.6 Å². The van der Waals surface area contributed by atoms with Crippen molar-refractivity contribution in [3.05, 3.63) is 23.7 Å². The van der Waals surface area contributed by atoms with E-state index in [1.807, 2.05) is 6.07 Å². The molecule has 6 heteroatoms. The van der Waals surface area contributed by atoms with Gasteiger partial charge in [-0.1, -0.05) is 5.16 Å². The number of rotatable bonds is 2. The average Bonchev–Trinajstić information content (AvgIpc) is 3.08. The Morgan fingerprint density at radius 1 is 1.50 bits per heavy atom. The fraction of sp³-hybridized carbons (Fsp3) is 0.417. The molecule has 1 unspecified atom stereocenters. The first kappa shape index (κ1) is 11.0. The Morgan fingerprint density at radius 2 is 2.44 bits per heavy atom. The monoisotopic (exact) mass is 244 g/mol. The van der Waals surface area contributed by atoms with Crippen LogP contribution in [0.5, 0.6) is 0 Å². The number of aromatic nitrogens is 3. The van der Waals surface area contributed by atoms with Crippen LogP contribution >= 0.6 is 0 Å². The minimum Gasteiger partial charge on any atom is -0.381 e. The zero-order chi connectivity index (χ0) is 12.4. The maximum Gasteiger partial charge on any atom is 0.274 e. The topological polar surface area (TPSA) is 87.7 Å². The first-order valence-electron chi connectivity index (χ1n) is 5.87. The lowest BCUT2D eigenvalue weighted by atomic mass is 10.0. The van der Waals surface area contributed by atoms with Crippen LogP contribution in [0.4, 0.5) is 0 Å². The van der Waals surface area contributed by atoms with Gasteiger partial charge in [0.2, 0.25) is 0 Å². The number of ether oxygens (including phenoxy) is 1. The molecule has 2 aromatic heterocycles. The SMILES string of the molecule is N#Cc1c[nH]c(-c2nc(C3CCCOC3)no2)c1. The molecule has 1 aliphatic rings. The van der Waals surface area contributed by atoms with Gasteiger partial charge >= 0.3 is 0 Å². The van der Waals surface area contributed by atoms with E-state index < -0.39 is 0 Å². The van der Waals surface area contributed by atoms with E-state index in [1.54, 1.807) is 12.3 Å². The summed E-state index contributed by atoms with van der Waals surface area (Å²) >= 11 is 0. The van der Waals surface area contributed by atoms with Crippen LogP contribution in [0.2, 0.25) is 0 Å². The lowest BCUT2D eigenvalue weighted by molar-refractivity contribution is 0.0773. The Morgan fingerprint density at radius 3 is 3.17 bits per heavy atom. The van der Waals surface area contributed by atoms with Gasteiger partial charge < -0.3 is 14.2 Å². The van der Waals surface area contributed by atoms with Gasteiger partial charge in [0.15, 0.2) is 5.82 Å². The van der Waals surface area contributed by atoms with Crippen LogP contribution in [0, 0.1) is 11.3 Å². The first-order valence-corrected chi connectivity index (χ1v) is 5.87. The van der Waals surface area contributed by atoms with Crippen molar-refractivity contribution >= 4 is 0 Å². The number of nitrogens with one attached hydrogen (secondary N) is 1. The standard InChI is InChI=1S/C12H12N4O2/c13-5-8-4-10(14-6-8)12-15-11(16-18-12)9-2-1-3-17-7-9/h4,6,9,14H,1-3,7H2. The van der Waals surface area contributed by atoms with Gasteiger partial charge in [-0.15, -0.1) is 0 Å². The zero-order valence-electron chi connectivity index (χ0n) is 9.72. The van der Waals surface area contributed by atoms with Gasteiger partial charge in [0.1, 0.15) is 11.8 Å². The summed E-state index contributed by atoms with van der Waals surface area (Å²) in [6.07, 6.45) is 3.66. The number of aromatic amines is 1. The third-order valence-electron chi connectivity index (χ3n) is 3.01. The maximum absolute atomic E-state index is 8.75. The van der Waals surface area contributed by atoms with E-state index in [4.69, 9.17) is 14.5 Å². The third kappa shape index (κ3) is 2.00. The van der Waals surface area contributed by atoms with Crippen LogP contribution < -0.4 is 0 Å².